The topological polar surface area (TPSA) is 30.5 Å². The zero-order chi connectivity index (χ0) is 15.1. The fourth-order valence-corrected chi connectivity index (χ4v) is 2.42. The fraction of sp³-hybridized carbons (Fsp3) is 0.294. The van der Waals surface area contributed by atoms with E-state index in [2.05, 4.69) is 41.9 Å². The van der Waals surface area contributed by atoms with Crippen LogP contribution in [0.2, 0.25) is 0 Å². The number of thioether (sulfide) groups is 1. The van der Waals surface area contributed by atoms with Gasteiger partial charge in [0.2, 0.25) is 0 Å². The molecule has 0 saturated heterocycles. The molecule has 0 aliphatic carbocycles. The summed E-state index contributed by atoms with van der Waals surface area (Å²) in [6.07, 6.45) is 2.08. The molecular weight excluding hydrogens is 282 g/mol. The molecule has 2 rings (SSSR count). The Hall–Kier alpha value is -1.81. The van der Waals surface area contributed by atoms with Crippen LogP contribution in [0.1, 0.15) is 12.5 Å². The second-order valence-corrected chi connectivity index (χ2v) is 5.38. The van der Waals surface area contributed by atoms with Crippen molar-refractivity contribution in [2.24, 2.45) is 0 Å². The summed E-state index contributed by atoms with van der Waals surface area (Å²) in [4.78, 5) is 1.27. The number of hydrogen-bond acceptors (Lipinski definition) is 4. The molecule has 0 unspecified atom stereocenters. The zero-order valence-corrected chi connectivity index (χ0v) is 13.5. The quantitative estimate of drug-likeness (QED) is 0.767. The number of benzene rings is 2. The first-order chi connectivity index (χ1) is 10.3. The highest BCUT2D eigenvalue weighted by molar-refractivity contribution is 7.98. The first-order valence-electron chi connectivity index (χ1n) is 6.94. The van der Waals surface area contributed by atoms with E-state index in [1.54, 1.807) is 18.9 Å². The smallest absolute Gasteiger partial charge is 0.161 e. The molecule has 0 radical (unpaired) electrons. The van der Waals surface area contributed by atoms with Gasteiger partial charge in [-0.1, -0.05) is 6.07 Å². The summed E-state index contributed by atoms with van der Waals surface area (Å²) in [5.74, 6) is 1.56. The second-order valence-electron chi connectivity index (χ2n) is 4.50. The van der Waals surface area contributed by atoms with Gasteiger partial charge in [0.05, 0.1) is 13.7 Å². The molecule has 0 spiro atoms. The van der Waals surface area contributed by atoms with Gasteiger partial charge in [-0.25, -0.2) is 0 Å². The van der Waals surface area contributed by atoms with E-state index in [9.17, 15) is 0 Å². The largest absolute Gasteiger partial charge is 0.493 e. The van der Waals surface area contributed by atoms with E-state index in [-0.39, 0.29) is 0 Å². The maximum Gasteiger partial charge on any atom is 0.161 e. The number of nitrogens with one attached hydrogen (secondary N) is 1. The third-order valence-corrected chi connectivity index (χ3v) is 3.86. The predicted molar refractivity (Wildman–Crippen MR) is 89.7 cm³/mol. The summed E-state index contributed by atoms with van der Waals surface area (Å²) >= 11 is 1.74. The predicted octanol–water partition coefficient (Wildman–Crippen LogP) is 4.43. The number of anilines is 1. The Balaban J connectivity index is 2.01. The molecule has 21 heavy (non-hydrogen) atoms. The van der Waals surface area contributed by atoms with Gasteiger partial charge in [0.1, 0.15) is 0 Å². The van der Waals surface area contributed by atoms with E-state index in [0.29, 0.717) is 6.61 Å². The first kappa shape index (κ1) is 15.6. The van der Waals surface area contributed by atoms with Gasteiger partial charge in [0.15, 0.2) is 11.5 Å². The van der Waals surface area contributed by atoms with Gasteiger partial charge in [-0.15, -0.1) is 11.8 Å². The lowest BCUT2D eigenvalue weighted by atomic mass is 10.2. The normalized spacial score (nSPS) is 10.2. The standard InChI is InChI=1S/C17H21NO2S/c1-4-20-16-10-5-13(11-17(16)19-2)12-18-14-6-8-15(21-3)9-7-14/h5-11,18H,4,12H2,1-3H3. The molecule has 2 aromatic carbocycles. The molecule has 2 aromatic rings. The Bertz CT molecular complexity index is 570. The Morgan fingerprint density at radius 3 is 2.43 bits per heavy atom. The van der Waals surface area contributed by atoms with Gasteiger partial charge in [-0.3, -0.25) is 0 Å². The van der Waals surface area contributed by atoms with Crippen molar-refractivity contribution in [1.82, 2.24) is 0 Å². The zero-order valence-electron chi connectivity index (χ0n) is 12.7. The van der Waals surface area contributed by atoms with Crippen molar-refractivity contribution in [2.45, 2.75) is 18.4 Å². The molecule has 1 N–H and O–H groups in total. The third kappa shape index (κ3) is 4.33. The Labute approximate surface area is 130 Å². The van der Waals surface area contributed by atoms with Gasteiger partial charge in [-0.05, 0) is 55.1 Å². The van der Waals surface area contributed by atoms with Crippen LogP contribution < -0.4 is 14.8 Å². The lowest BCUT2D eigenvalue weighted by Gasteiger charge is -2.12. The first-order valence-corrected chi connectivity index (χ1v) is 8.17. The van der Waals surface area contributed by atoms with Gasteiger partial charge >= 0.3 is 0 Å². The monoisotopic (exact) mass is 303 g/mol. The molecule has 0 fully saturated rings. The number of ether oxygens (including phenoxy) is 2. The summed E-state index contributed by atoms with van der Waals surface area (Å²) in [7, 11) is 1.66. The van der Waals surface area contributed by atoms with E-state index >= 15 is 0 Å². The van der Waals surface area contributed by atoms with E-state index in [0.717, 1.165) is 29.3 Å². The van der Waals surface area contributed by atoms with Gasteiger partial charge in [0.25, 0.3) is 0 Å². The van der Waals surface area contributed by atoms with Crippen molar-refractivity contribution < 1.29 is 9.47 Å². The van der Waals surface area contributed by atoms with Gasteiger partial charge in [-0.2, -0.15) is 0 Å². The van der Waals surface area contributed by atoms with Crippen molar-refractivity contribution in [3.8, 4) is 11.5 Å². The molecule has 0 aromatic heterocycles. The van der Waals surface area contributed by atoms with Crippen LogP contribution in [0.25, 0.3) is 0 Å². The van der Waals surface area contributed by atoms with Crippen LogP contribution in [-0.2, 0) is 6.54 Å². The van der Waals surface area contributed by atoms with Crippen molar-refractivity contribution in [3.05, 3.63) is 48.0 Å². The third-order valence-electron chi connectivity index (χ3n) is 3.11. The fourth-order valence-electron chi connectivity index (χ4n) is 2.01. The summed E-state index contributed by atoms with van der Waals surface area (Å²) < 4.78 is 10.9. The molecule has 0 bridgehead atoms. The van der Waals surface area contributed by atoms with E-state index < -0.39 is 0 Å². The summed E-state index contributed by atoms with van der Waals surface area (Å²) in [5.41, 5.74) is 2.27. The summed E-state index contributed by atoms with van der Waals surface area (Å²) in [5, 5.41) is 3.41. The average molecular weight is 303 g/mol. The number of hydrogen-bond donors (Lipinski definition) is 1. The maximum absolute atomic E-state index is 5.52. The van der Waals surface area contributed by atoms with Crippen molar-refractivity contribution >= 4 is 17.4 Å². The Kier molecular flexibility index (Phi) is 5.81. The van der Waals surface area contributed by atoms with Crippen LogP contribution in [0.3, 0.4) is 0 Å². The lowest BCUT2D eigenvalue weighted by Crippen LogP contribution is -2.01. The van der Waals surface area contributed by atoms with Crippen molar-refractivity contribution in [3.63, 3.8) is 0 Å². The molecular formula is C17H21NO2S. The van der Waals surface area contributed by atoms with Crippen LogP contribution in [0.5, 0.6) is 11.5 Å². The van der Waals surface area contributed by atoms with E-state index in [1.165, 1.54) is 4.90 Å². The molecule has 0 atom stereocenters. The number of rotatable bonds is 7. The van der Waals surface area contributed by atoms with E-state index in [1.807, 2.05) is 19.1 Å². The number of methoxy groups -OCH3 is 1. The molecule has 3 nitrogen and oxygen atoms in total. The van der Waals surface area contributed by atoms with Crippen LogP contribution in [0.4, 0.5) is 5.69 Å². The minimum Gasteiger partial charge on any atom is -0.493 e. The minimum atomic E-state index is 0.635. The molecule has 4 heteroatoms. The Morgan fingerprint density at radius 1 is 1.05 bits per heavy atom. The second kappa shape index (κ2) is 7.84. The molecule has 112 valence electrons. The average Bonchev–Trinajstić information content (AvgIpc) is 2.54. The van der Waals surface area contributed by atoms with Crippen LogP contribution in [0.15, 0.2) is 47.4 Å². The van der Waals surface area contributed by atoms with Gasteiger partial charge < -0.3 is 14.8 Å². The molecule has 0 aliphatic rings. The SMILES string of the molecule is CCOc1ccc(CNc2ccc(SC)cc2)cc1OC. The highest BCUT2D eigenvalue weighted by Crippen LogP contribution is 2.28. The Morgan fingerprint density at radius 2 is 1.81 bits per heavy atom. The summed E-state index contributed by atoms with van der Waals surface area (Å²) in [6, 6.07) is 14.4. The highest BCUT2D eigenvalue weighted by atomic mass is 32.2. The molecule has 0 aliphatic heterocycles. The van der Waals surface area contributed by atoms with Crippen molar-refractivity contribution in [1.29, 1.82) is 0 Å². The molecule has 0 saturated carbocycles. The van der Waals surface area contributed by atoms with Crippen LogP contribution >= 0.6 is 11.8 Å². The minimum absolute atomic E-state index is 0.635. The van der Waals surface area contributed by atoms with Crippen molar-refractivity contribution in [2.75, 3.05) is 25.3 Å². The van der Waals surface area contributed by atoms with Crippen LogP contribution in [-0.4, -0.2) is 20.0 Å². The molecule has 0 amide bonds. The highest BCUT2D eigenvalue weighted by Gasteiger charge is 2.05. The summed E-state index contributed by atoms with van der Waals surface area (Å²) in [6.45, 7) is 3.35. The van der Waals surface area contributed by atoms with Crippen LogP contribution in [0, 0.1) is 0 Å². The lowest BCUT2D eigenvalue weighted by molar-refractivity contribution is 0.310. The maximum atomic E-state index is 5.52. The molecule has 0 heterocycles. The van der Waals surface area contributed by atoms with E-state index in [4.69, 9.17) is 9.47 Å². The van der Waals surface area contributed by atoms with Gasteiger partial charge in [0, 0.05) is 17.1 Å².